The highest BCUT2D eigenvalue weighted by Crippen LogP contribution is 2.15. The molecule has 0 aliphatic carbocycles. The molecular formula is C9H8ClN5O. The smallest absolute Gasteiger partial charge is 0.250 e. The van der Waals surface area contributed by atoms with Crippen molar-refractivity contribution in [1.29, 1.82) is 0 Å². The fourth-order valence-corrected chi connectivity index (χ4v) is 1.36. The summed E-state index contributed by atoms with van der Waals surface area (Å²) in [6, 6.07) is 1.46. The molecule has 1 amide bonds. The van der Waals surface area contributed by atoms with Gasteiger partial charge in [-0.05, 0) is 6.07 Å². The number of carbonyl (C=O) groups excluding carboxylic acids is 1. The molecule has 16 heavy (non-hydrogen) atoms. The van der Waals surface area contributed by atoms with Gasteiger partial charge in [0.2, 0.25) is 0 Å². The SMILES string of the molecule is NC(=O)c1cc(-n2cc(Cl)cn2)ncc1N. The first kappa shape index (κ1) is 10.4. The molecule has 0 unspecified atom stereocenters. The highest BCUT2D eigenvalue weighted by molar-refractivity contribution is 6.30. The minimum absolute atomic E-state index is 0.205. The standard InChI is InChI=1S/C9H8ClN5O/c10-5-2-14-15(4-5)8-1-6(9(12)16)7(11)3-13-8/h1-4H,11H2,(H2,12,16). The summed E-state index contributed by atoms with van der Waals surface area (Å²) in [7, 11) is 0. The van der Waals surface area contributed by atoms with E-state index in [-0.39, 0.29) is 11.3 Å². The molecule has 82 valence electrons. The van der Waals surface area contributed by atoms with E-state index < -0.39 is 5.91 Å². The van der Waals surface area contributed by atoms with Crippen LogP contribution in [-0.4, -0.2) is 20.7 Å². The predicted molar refractivity (Wildman–Crippen MR) is 59.3 cm³/mol. The molecule has 0 bridgehead atoms. The lowest BCUT2D eigenvalue weighted by Crippen LogP contribution is -2.15. The molecule has 0 saturated heterocycles. The Kier molecular flexibility index (Phi) is 2.49. The molecule has 0 aromatic carbocycles. The van der Waals surface area contributed by atoms with Gasteiger partial charge in [-0.1, -0.05) is 11.6 Å². The third-order valence-electron chi connectivity index (χ3n) is 1.97. The first-order chi connectivity index (χ1) is 7.58. The van der Waals surface area contributed by atoms with Crippen molar-refractivity contribution in [3.05, 3.63) is 35.2 Å². The van der Waals surface area contributed by atoms with Gasteiger partial charge in [0.1, 0.15) is 0 Å². The van der Waals surface area contributed by atoms with Crippen molar-refractivity contribution in [2.75, 3.05) is 5.73 Å². The van der Waals surface area contributed by atoms with Gasteiger partial charge >= 0.3 is 0 Å². The van der Waals surface area contributed by atoms with Gasteiger partial charge in [0.15, 0.2) is 5.82 Å². The number of nitrogens with two attached hydrogens (primary N) is 2. The van der Waals surface area contributed by atoms with Crippen molar-refractivity contribution in [3.63, 3.8) is 0 Å². The van der Waals surface area contributed by atoms with Gasteiger partial charge in [-0.15, -0.1) is 0 Å². The van der Waals surface area contributed by atoms with Crippen molar-refractivity contribution in [1.82, 2.24) is 14.8 Å². The van der Waals surface area contributed by atoms with Crippen LogP contribution in [-0.2, 0) is 0 Å². The molecule has 0 aliphatic heterocycles. The maximum absolute atomic E-state index is 11.1. The number of halogens is 1. The lowest BCUT2D eigenvalue weighted by Gasteiger charge is -2.04. The topological polar surface area (TPSA) is 99.8 Å². The second-order valence-corrected chi connectivity index (χ2v) is 3.53. The number of aromatic nitrogens is 3. The van der Waals surface area contributed by atoms with Crippen LogP contribution in [0.3, 0.4) is 0 Å². The first-order valence-electron chi connectivity index (χ1n) is 4.34. The van der Waals surface area contributed by atoms with E-state index in [9.17, 15) is 4.79 Å². The Labute approximate surface area is 95.8 Å². The molecule has 0 aliphatic rings. The largest absolute Gasteiger partial charge is 0.397 e. The number of amides is 1. The van der Waals surface area contributed by atoms with Crippen LogP contribution in [0.1, 0.15) is 10.4 Å². The van der Waals surface area contributed by atoms with E-state index in [1.165, 1.54) is 23.1 Å². The minimum atomic E-state index is -0.612. The number of rotatable bonds is 2. The molecule has 2 aromatic heterocycles. The zero-order chi connectivity index (χ0) is 11.7. The molecule has 0 spiro atoms. The Balaban J connectivity index is 2.51. The molecule has 7 heteroatoms. The van der Waals surface area contributed by atoms with Crippen LogP contribution in [0.15, 0.2) is 24.7 Å². The van der Waals surface area contributed by atoms with E-state index >= 15 is 0 Å². The zero-order valence-electron chi connectivity index (χ0n) is 8.09. The van der Waals surface area contributed by atoms with Crippen LogP contribution in [0, 0.1) is 0 Å². The van der Waals surface area contributed by atoms with Crippen LogP contribution < -0.4 is 11.5 Å². The fraction of sp³-hybridized carbons (Fsp3) is 0. The lowest BCUT2D eigenvalue weighted by atomic mass is 10.2. The molecule has 2 rings (SSSR count). The Morgan fingerprint density at radius 2 is 2.19 bits per heavy atom. The number of nitrogens with zero attached hydrogens (tertiary/aromatic N) is 3. The van der Waals surface area contributed by atoms with Gasteiger partial charge in [0.25, 0.3) is 5.91 Å². The van der Waals surface area contributed by atoms with E-state index in [0.717, 1.165) is 0 Å². The molecule has 2 aromatic rings. The lowest BCUT2D eigenvalue weighted by molar-refractivity contribution is 0.100. The normalized spacial score (nSPS) is 10.3. The Hall–Kier alpha value is -2.08. The number of nitrogen functional groups attached to an aromatic ring is 1. The number of hydrogen-bond donors (Lipinski definition) is 2. The third-order valence-corrected chi connectivity index (χ3v) is 2.17. The van der Waals surface area contributed by atoms with Gasteiger partial charge in [-0.2, -0.15) is 5.10 Å². The van der Waals surface area contributed by atoms with Crippen molar-refractivity contribution in [2.24, 2.45) is 5.73 Å². The summed E-state index contributed by atoms with van der Waals surface area (Å²) >= 11 is 5.72. The molecule has 4 N–H and O–H groups in total. The Morgan fingerprint density at radius 3 is 2.75 bits per heavy atom. The van der Waals surface area contributed by atoms with E-state index in [1.807, 2.05) is 0 Å². The Bertz CT molecular complexity index is 551. The van der Waals surface area contributed by atoms with Crippen molar-refractivity contribution < 1.29 is 4.79 Å². The molecule has 2 heterocycles. The van der Waals surface area contributed by atoms with Crippen LogP contribution in [0.25, 0.3) is 5.82 Å². The third kappa shape index (κ3) is 1.82. The number of primary amides is 1. The van der Waals surface area contributed by atoms with Gasteiger partial charge in [0, 0.05) is 0 Å². The summed E-state index contributed by atoms with van der Waals surface area (Å²) in [6.07, 6.45) is 4.37. The highest BCUT2D eigenvalue weighted by atomic mass is 35.5. The van der Waals surface area contributed by atoms with E-state index in [4.69, 9.17) is 23.1 Å². The van der Waals surface area contributed by atoms with Crippen LogP contribution >= 0.6 is 11.6 Å². The van der Waals surface area contributed by atoms with Gasteiger partial charge < -0.3 is 11.5 Å². The minimum Gasteiger partial charge on any atom is -0.397 e. The molecule has 6 nitrogen and oxygen atoms in total. The first-order valence-corrected chi connectivity index (χ1v) is 4.71. The molecule has 0 saturated carbocycles. The zero-order valence-corrected chi connectivity index (χ0v) is 8.85. The van der Waals surface area contributed by atoms with Gasteiger partial charge in [-0.25, -0.2) is 9.67 Å². The number of anilines is 1. The summed E-state index contributed by atoms with van der Waals surface area (Å²) in [4.78, 5) is 15.1. The molecular weight excluding hydrogens is 230 g/mol. The van der Waals surface area contributed by atoms with Crippen LogP contribution in [0.4, 0.5) is 5.69 Å². The summed E-state index contributed by atoms with van der Waals surface area (Å²) in [5, 5.41) is 4.42. The Morgan fingerprint density at radius 1 is 1.44 bits per heavy atom. The highest BCUT2D eigenvalue weighted by Gasteiger charge is 2.09. The van der Waals surface area contributed by atoms with Crippen LogP contribution in [0.2, 0.25) is 5.02 Å². The van der Waals surface area contributed by atoms with Gasteiger partial charge in [0.05, 0.1) is 34.9 Å². The molecule has 0 fully saturated rings. The average molecular weight is 238 g/mol. The summed E-state index contributed by atoms with van der Waals surface area (Å²) in [5.41, 5.74) is 11.2. The quantitative estimate of drug-likeness (QED) is 0.799. The predicted octanol–water partition coefficient (Wildman–Crippen LogP) is 0.602. The maximum atomic E-state index is 11.1. The van der Waals surface area contributed by atoms with Crippen molar-refractivity contribution >= 4 is 23.2 Å². The fourth-order valence-electron chi connectivity index (χ4n) is 1.22. The van der Waals surface area contributed by atoms with Crippen LogP contribution in [0.5, 0.6) is 0 Å². The summed E-state index contributed by atoms with van der Waals surface area (Å²) in [5.74, 6) is -0.186. The molecule has 0 radical (unpaired) electrons. The van der Waals surface area contributed by atoms with E-state index in [0.29, 0.717) is 10.8 Å². The second kappa shape index (κ2) is 3.82. The second-order valence-electron chi connectivity index (χ2n) is 3.10. The van der Waals surface area contributed by atoms with Gasteiger partial charge in [-0.3, -0.25) is 4.79 Å². The number of hydrogen-bond acceptors (Lipinski definition) is 4. The number of carbonyl (C=O) groups is 1. The van der Waals surface area contributed by atoms with Crippen molar-refractivity contribution in [2.45, 2.75) is 0 Å². The monoisotopic (exact) mass is 237 g/mol. The van der Waals surface area contributed by atoms with E-state index in [1.54, 1.807) is 6.20 Å². The maximum Gasteiger partial charge on any atom is 0.250 e. The number of pyridine rings is 1. The summed E-state index contributed by atoms with van der Waals surface area (Å²) in [6.45, 7) is 0. The summed E-state index contributed by atoms with van der Waals surface area (Å²) < 4.78 is 1.42. The average Bonchev–Trinajstić information content (AvgIpc) is 2.65. The van der Waals surface area contributed by atoms with E-state index in [2.05, 4.69) is 10.1 Å². The molecule has 0 atom stereocenters. The van der Waals surface area contributed by atoms with Crippen molar-refractivity contribution in [3.8, 4) is 5.82 Å².